The van der Waals surface area contributed by atoms with E-state index in [9.17, 15) is 0 Å². The van der Waals surface area contributed by atoms with Crippen LogP contribution < -0.4 is 0 Å². The highest BCUT2D eigenvalue weighted by Crippen LogP contribution is 2.63. The molecule has 0 unspecified atom stereocenters. The van der Waals surface area contributed by atoms with Gasteiger partial charge < -0.3 is 9.47 Å². The van der Waals surface area contributed by atoms with Crippen molar-refractivity contribution in [2.75, 3.05) is 0 Å². The van der Waals surface area contributed by atoms with Crippen LogP contribution >= 0.6 is 31.9 Å². The SMILES string of the molecule is BrC1(Br)CC12OCc1ccccc1CO2. The molecule has 1 saturated carbocycles. The van der Waals surface area contributed by atoms with Crippen molar-refractivity contribution in [3.63, 3.8) is 0 Å². The molecule has 15 heavy (non-hydrogen) atoms. The summed E-state index contributed by atoms with van der Waals surface area (Å²) in [5.74, 6) is -0.480. The zero-order chi connectivity index (χ0) is 10.5. The van der Waals surface area contributed by atoms with Gasteiger partial charge in [0, 0.05) is 6.42 Å². The minimum Gasteiger partial charge on any atom is -0.343 e. The molecule has 2 nitrogen and oxygen atoms in total. The highest BCUT2D eigenvalue weighted by Gasteiger charge is 2.69. The summed E-state index contributed by atoms with van der Waals surface area (Å²) in [6.07, 6.45) is 0.841. The highest BCUT2D eigenvalue weighted by atomic mass is 79.9. The Morgan fingerprint density at radius 2 is 1.47 bits per heavy atom. The summed E-state index contributed by atoms with van der Waals surface area (Å²) in [7, 11) is 0. The molecule has 0 N–H and O–H groups in total. The van der Waals surface area contributed by atoms with Crippen LogP contribution in [0, 0.1) is 0 Å². The molecule has 0 aromatic heterocycles. The van der Waals surface area contributed by atoms with Crippen molar-refractivity contribution >= 4 is 31.9 Å². The molecule has 4 heteroatoms. The van der Waals surface area contributed by atoms with Gasteiger partial charge in [0.05, 0.1) is 13.2 Å². The maximum absolute atomic E-state index is 5.83. The van der Waals surface area contributed by atoms with Crippen LogP contribution in [0.3, 0.4) is 0 Å². The highest BCUT2D eigenvalue weighted by molar-refractivity contribution is 9.25. The zero-order valence-corrected chi connectivity index (χ0v) is 11.2. The first-order valence-corrected chi connectivity index (χ1v) is 6.44. The molecule has 0 radical (unpaired) electrons. The van der Waals surface area contributed by atoms with Crippen LogP contribution in [-0.2, 0) is 22.7 Å². The summed E-state index contributed by atoms with van der Waals surface area (Å²) < 4.78 is 11.5. The van der Waals surface area contributed by atoms with E-state index in [0.29, 0.717) is 13.2 Å². The maximum atomic E-state index is 5.83. The van der Waals surface area contributed by atoms with Crippen LogP contribution in [0.2, 0.25) is 0 Å². The van der Waals surface area contributed by atoms with E-state index < -0.39 is 5.79 Å². The second kappa shape index (κ2) is 3.29. The van der Waals surface area contributed by atoms with E-state index in [1.165, 1.54) is 11.1 Å². The van der Waals surface area contributed by atoms with Crippen molar-refractivity contribution < 1.29 is 9.47 Å². The number of ether oxygens (including phenoxy) is 2. The standard InChI is InChI=1S/C11H10Br2O2/c12-10(13)7-11(10)14-5-8-3-1-2-4-9(8)6-15-11/h1-4H,5-7H2. The number of alkyl halides is 2. The molecule has 2 aliphatic rings. The minimum absolute atomic E-state index is 0.199. The van der Waals surface area contributed by atoms with E-state index in [0.717, 1.165) is 6.42 Å². The van der Waals surface area contributed by atoms with E-state index in [-0.39, 0.29) is 3.23 Å². The van der Waals surface area contributed by atoms with E-state index in [4.69, 9.17) is 9.47 Å². The third-order valence-electron chi connectivity index (χ3n) is 2.93. The third-order valence-corrected chi connectivity index (χ3v) is 4.70. The number of hydrogen-bond donors (Lipinski definition) is 0. The molecule has 1 aliphatic heterocycles. The molecule has 1 spiro atoms. The van der Waals surface area contributed by atoms with Crippen LogP contribution in [0.25, 0.3) is 0 Å². The van der Waals surface area contributed by atoms with Gasteiger partial charge in [-0.2, -0.15) is 0 Å². The quantitative estimate of drug-likeness (QED) is 0.678. The number of hydrogen-bond acceptors (Lipinski definition) is 2. The summed E-state index contributed by atoms with van der Waals surface area (Å²) in [5.41, 5.74) is 2.44. The lowest BCUT2D eigenvalue weighted by molar-refractivity contribution is -0.173. The molecular formula is C11H10Br2O2. The molecule has 1 aromatic carbocycles. The lowest BCUT2D eigenvalue weighted by atomic mass is 10.1. The van der Waals surface area contributed by atoms with Gasteiger partial charge in [-0.15, -0.1) is 0 Å². The predicted octanol–water partition coefficient (Wildman–Crippen LogP) is 3.32. The van der Waals surface area contributed by atoms with Crippen molar-refractivity contribution in [2.45, 2.75) is 28.7 Å². The smallest absolute Gasteiger partial charge is 0.196 e. The molecule has 3 rings (SSSR count). The first-order valence-electron chi connectivity index (χ1n) is 4.86. The largest absolute Gasteiger partial charge is 0.343 e. The first kappa shape index (κ1) is 10.3. The van der Waals surface area contributed by atoms with Crippen molar-refractivity contribution in [3.05, 3.63) is 35.4 Å². The molecule has 1 heterocycles. The van der Waals surface area contributed by atoms with Crippen molar-refractivity contribution in [1.29, 1.82) is 0 Å². The fourth-order valence-electron chi connectivity index (χ4n) is 1.83. The van der Waals surface area contributed by atoms with E-state index >= 15 is 0 Å². The third kappa shape index (κ3) is 1.58. The number of rotatable bonds is 0. The molecule has 0 atom stereocenters. The van der Waals surface area contributed by atoms with Gasteiger partial charge >= 0.3 is 0 Å². The summed E-state index contributed by atoms with van der Waals surface area (Å²) in [6.45, 7) is 1.24. The van der Waals surface area contributed by atoms with Crippen LogP contribution in [0.4, 0.5) is 0 Å². The Balaban J connectivity index is 1.88. The van der Waals surface area contributed by atoms with Gasteiger partial charge in [0.2, 0.25) is 0 Å². The summed E-state index contributed by atoms with van der Waals surface area (Å²) in [4.78, 5) is 0. The normalized spacial score (nSPS) is 25.7. The van der Waals surface area contributed by atoms with Gasteiger partial charge in [0.25, 0.3) is 0 Å². The fourth-order valence-corrected chi connectivity index (χ4v) is 3.03. The average Bonchev–Trinajstić information content (AvgIpc) is 2.82. The summed E-state index contributed by atoms with van der Waals surface area (Å²) in [5, 5.41) is 0. The van der Waals surface area contributed by atoms with Crippen LogP contribution in [-0.4, -0.2) is 9.02 Å². The van der Waals surface area contributed by atoms with E-state index in [1.807, 2.05) is 12.1 Å². The average molecular weight is 334 g/mol. The Kier molecular flexibility index (Phi) is 2.26. The zero-order valence-electron chi connectivity index (χ0n) is 8.00. The van der Waals surface area contributed by atoms with E-state index in [2.05, 4.69) is 44.0 Å². The van der Waals surface area contributed by atoms with E-state index in [1.54, 1.807) is 0 Å². The monoisotopic (exact) mass is 332 g/mol. The van der Waals surface area contributed by atoms with Crippen LogP contribution in [0.15, 0.2) is 24.3 Å². The Bertz CT molecular complexity index is 376. The molecule has 1 fully saturated rings. The molecule has 1 aliphatic carbocycles. The topological polar surface area (TPSA) is 18.5 Å². The van der Waals surface area contributed by atoms with Gasteiger partial charge in [0.1, 0.15) is 3.23 Å². The Morgan fingerprint density at radius 1 is 1.00 bits per heavy atom. The predicted molar refractivity (Wildman–Crippen MR) is 64.0 cm³/mol. The van der Waals surface area contributed by atoms with Gasteiger partial charge in [-0.05, 0) is 11.1 Å². The minimum atomic E-state index is -0.480. The van der Waals surface area contributed by atoms with Crippen molar-refractivity contribution in [3.8, 4) is 0 Å². The van der Waals surface area contributed by atoms with Gasteiger partial charge in [0.15, 0.2) is 5.79 Å². The Labute approximate surface area is 105 Å². The Morgan fingerprint density at radius 3 is 1.87 bits per heavy atom. The van der Waals surface area contributed by atoms with Gasteiger partial charge in [-0.25, -0.2) is 0 Å². The summed E-state index contributed by atoms with van der Waals surface area (Å²) >= 11 is 7.10. The maximum Gasteiger partial charge on any atom is 0.196 e. The van der Waals surface area contributed by atoms with Crippen molar-refractivity contribution in [2.24, 2.45) is 0 Å². The molecule has 80 valence electrons. The summed E-state index contributed by atoms with van der Waals surface area (Å²) in [6, 6.07) is 8.24. The van der Waals surface area contributed by atoms with Gasteiger partial charge in [-0.1, -0.05) is 56.1 Å². The first-order chi connectivity index (χ1) is 7.13. The van der Waals surface area contributed by atoms with Gasteiger partial charge in [-0.3, -0.25) is 0 Å². The second-order valence-corrected chi connectivity index (χ2v) is 7.75. The number of fused-ring (bicyclic) bond motifs is 1. The molecule has 0 bridgehead atoms. The second-order valence-electron chi connectivity index (χ2n) is 3.98. The fraction of sp³-hybridized carbons (Fsp3) is 0.455. The van der Waals surface area contributed by atoms with Crippen LogP contribution in [0.5, 0.6) is 0 Å². The number of benzene rings is 1. The Hall–Kier alpha value is 0.1000. The van der Waals surface area contributed by atoms with Crippen molar-refractivity contribution in [1.82, 2.24) is 0 Å². The molecule has 0 amide bonds. The lowest BCUT2D eigenvalue weighted by Crippen LogP contribution is -2.22. The van der Waals surface area contributed by atoms with Crippen LogP contribution in [0.1, 0.15) is 17.5 Å². The lowest BCUT2D eigenvalue weighted by Gasteiger charge is -2.16. The number of halogens is 2. The molecular weight excluding hydrogens is 324 g/mol. The molecule has 1 aromatic rings. The molecule has 0 saturated heterocycles.